The lowest BCUT2D eigenvalue weighted by Gasteiger charge is -2.07. The molecule has 0 aliphatic rings. The maximum atomic E-state index is 11.9. The number of carbonyl (C=O) groups is 1. The Labute approximate surface area is 107 Å². The smallest absolute Gasteiger partial charge is 0.221 e. The van der Waals surface area contributed by atoms with Crippen LogP contribution in [-0.2, 0) is 19.7 Å². The fraction of sp³-hybridized carbons (Fsp3) is 0.417. The first-order valence-corrected chi connectivity index (χ1v) is 7.33. The van der Waals surface area contributed by atoms with Crippen molar-refractivity contribution in [1.82, 2.24) is 0 Å². The fourth-order valence-electron chi connectivity index (χ4n) is 1.44. The highest BCUT2D eigenvalue weighted by molar-refractivity contribution is 7.91. The average molecular weight is 270 g/mol. The first-order valence-electron chi connectivity index (χ1n) is 5.68. The van der Waals surface area contributed by atoms with Crippen LogP contribution in [0, 0.1) is 0 Å². The topological polar surface area (TPSA) is 83.1 Å². The van der Waals surface area contributed by atoms with Crippen LogP contribution in [-0.4, -0.2) is 20.1 Å². The quantitative estimate of drug-likeness (QED) is 0.891. The minimum Gasteiger partial charge on any atom is -0.323 e. The van der Waals surface area contributed by atoms with Crippen LogP contribution in [0.25, 0.3) is 0 Å². The van der Waals surface area contributed by atoms with Gasteiger partial charge in [-0.2, -0.15) is 0 Å². The van der Waals surface area contributed by atoms with Gasteiger partial charge in [0.05, 0.1) is 16.3 Å². The van der Waals surface area contributed by atoms with E-state index < -0.39 is 21.5 Å². The zero-order chi connectivity index (χ0) is 13.8. The lowest BCUT2D eigenvalue weighted by atomic mass is 10.3. The molecule has 0 aliphatic heterocycles. The molecule has 1 N–H and O–H groups in total. The third kappa shape index (κ3) is 3.73. The van der Waals surface area contributed by atoms with Crippen LogP contribution in [0.15, 0.2) is 23.1 Å². The first kappa shape index (κ1) is 14.5. The van der Waals surface area contributed by atoms with Gasteiger partial charge >= 0.3 is 0 Å². The monoisotopic (exact) mass is 270 g/mol. The summed E-state index contributed by atoms with van der Waals surface area (Å²) in [6.07, 6.45) is 1.34. The SMILES string of the molecule is CCCCS(=O)(=O)c1ccc([O])c(NC(C)=O)c1. The summed E-state index contributed by atoms with van der Waals surface area (Å²) in [6, 6.07) is 3.65. The molecule has 0 aliphatic carbocycles. The molecular formula is C12H16NO4S. The van der Waals surface area contributed by atoms with Crippen LogP contribution < -0.4 is 5.32 Å². The van der Waals surface area contributed by atoms with Gasteiger partial charge in [0.1, 0.15) is 0 Å². The van der Waals surface area contributed by atoms with E-state index in [2.05, 4.69) is 5.32 Å². The average Bonchev–Trinajstić information content (AvgIpc) is 2.28. The van der Waals surface area contributed by atoms with Crippen molar-refractivity contribution in [1.29, 1.82) is 0 Å². The maximum Gasteiger partial charge on any atom is 0.221 e. The molecule has 0 spiro atoms. The summed E-state index contributed by atoms with van der Waals surface area (Å²) < 4.78 is 23.9. The molecule has 0 fully saturated rings. The molecule has 0 unspecified atom stereocenters. The number of unbranched alkanes of at least 4 members (excludes halogenated alkanes) is 1. The number of hydrogen-bond acceptors (Lipinski definition) is 3. The molecule has 0 atom stereocenters. The van der Waals surface area contributed by atoms with Crippen LogP contribution in [0.2, 0.25) is 0 Å². The third-order valence-corrected chi connectivity index (χ3v) is 4.19. The summed E-state index contributed by atoms with van der Waals surface area (Å²) in [7, 11) is -3.39. The normalized spacial score (nSPS) is 11.2. The molecule has 18 heavy (non-hydrogen) atoms. The Morgan fingerprint density at radius 2 is 2.00 bits per heavy atom. The van der Waals surface area contributed by atoms with E-state index in [4.69, 9.17) is 0 Å². The molecule has 5 nitrogen and oxygen atoms in total. The number of hydrogen-bond donors (Lipinski definition) is 1. The molecule has 0 bridgehead atoms. The van der Waals surface area contributed by atoms with Crippen molar-refractivity contribution in [2.45, 2.75) is 31.6 Å². The van der Waals surface area contributed by atoms with Crippen molar-refractivity contribution < 1.29 is 18.3 Å². The van der Waals surface area contributed by atoms with Gasteiger partial charge in [0, 0.05) is 6.92 Å². The maximum absolute atomic E-state index is 11.9. The first-order chi connectivity index (χ1) is 8.36. The second kappa shape index (κ2) is 5.86. The van der Waals surface area contributed by atoms with Crippen LogP contribution >= 0.6 is 0 Å². The van der Waals surface area contributed by atoms with Gasteiger partial charge in [-0.25, -0.2) is 8.42 Å². The van der Waals surface area contributed by atoms with Crippen LogP contribution in [0.4, 0.5) is 5.69 Å². The van der Waals surface area contributed by atoms with E-state index in [9.17, 15) is 18.3 Å². The van der Waals surface area contributed by atoms with E-state index in [1.54, 1.807) is 0 Å². The van der Waals surface area contributed by atoms with Gasteiger partial charge in [-0.3, -0.25) is 9.90 Å². The number of nitrogens with one attached hydrogen (secondary N) is 1. The number of sulfone groups is 1. The summed E-state index contributed by atoms with van der Waals surface area (Å²) in [4.78, 5) is 11.0. The van der Waals surface area contributed by atoms with Crippen molar-refractivity contribution in [3.05, 3.63) is 18.2 Å². The van der Waals surface area contributed by atoms with E-state index in [1.807, 2.05) is 6.92 Å². The third-order valence-electron chi connectivity index (χ3n) is 2.39. The Bertz CT molecular complexity index is 537. The molecule has 0 aromatic heterocycles. The van der Waals surface area contributed by atoms with Crippen LogP contribution in [0.5, 0.6) is 5.75 Å². The van der Waals surface area contributed by atoms with Gasteiger partial charge in [0.25, 0.3) is 0 Å². The van der Waals surface area contributed by atoms with Crippen molar-refractivity contribution in [2.75, 3.05) is 11.1 Å². The Balaban J connectivity index is 3.08. The molecule has 0 saturated carbocycles. The molecule has 1 rings (SSSR count). The second-order valence-electron chi connectivity index (χ2n) is 4.01. The molecular weight excluding hydrogens is 254 g/mol. The minimum atomic E-state index is -3.39. The predicted octanol–water partition coefficient (Wildman–Crippen LogP) is 2.36. The largest absolute Gasteiger partial charge is 0.323 e. The lowest BCUT2D eigenvalue weighted by molar-refractivity contribution is -0.114. The predicted molar refractivity (Wildman–Crippen MR) is 67.8 cm³/mol. The Hall–Kier alpha value is -1.56. The van der Waals surface area contributed by atoms with E-state index >= 15 is 0 Å². The number of amides is 1. The van der Waals surface area contributed by atoms with E-state index in [1.165, 1.54) is 19.1 Å². The summed E-state index contributed by atoms with van der Waals surface area (Å²) in [5, 5.41) is 13.8. The number of rotatable bonds is 5. The summed E-state index contributed by atoms with van der Waals surface area (Å²) >= 11 is 0. The van der Waals surface area contributed by atoms with E-state index in [0.29, 0.717) is 6.42 Å². The highest BCUT2D eigenvalue weighted by atomic mass is 32.2. The lowest BCUT2D eigenvalue weighted by Crippen LogP contribution is -2.09. The van der Waals surface area contributed by atoms with Crippen molar-refractivity contribution >= 4 is 21.4 Å². The van der Waals surface area contributed by atoms with Gasteiger partial charge < -0.3 is 5.32 Å². The molecule has 1 aromatic rings. The van der Waals surface area contributed by atoms with Crippen LogP contribution in [0.3, 0.4) is 0 Å². The van der Waals surface area contributed by atoms with Gasteiger partial charge in [-0.05, 0) is 24.6 Å². The molecule has 99 valence electrons. The molecule has 6 heteroatoms. The fourth-order valence-corrected chi connectivity index (χ4v) is 2.92. The number of benzene rings is 1. The number of carbonyl (C=O) groups excluding carboxylic acids is 1. The molecule has 1 amide bonds. The molecule has 1 radical (unpaired) electrons. The Morgan fingerprint density at radius 3 is 2.56 bits per heavy atom. The van der Waals surface area contributed by atoms with Crippen molar-refractivity contribution in [3.8, 4) is 5.75 Å². The highest BCUT2D eigenvalue weighted by Crippen LogP contribution is 2.27. The van der Waals surface area contributed by atoms with Gasteiger partial charge in [0.2, 0.25) is 11.7 Å². The van der Waals surface area contributed by atoms with Crippen LogP contribution in [0.1, 0.15) is 26.7 Å². The summed E-state index contributed by atoms with van der Waals surface area (Å²) in [6.45, 7) is 3.16. The van der Waals surface area contributed by atoms with E-state index in [0.717, 1.165) is 12.5 Å². The van der Waals surface area contributed by atoms with E-state index in [-0.39, 0.29) is 16.3 Å². The number of anilines is 1. The second-order valence-corrected chi connectivity index (χ2v) is 6.12. The Morgan fingerprint density at radius 1 is 1.33 bits per heavy atom. The van der Waals surface area contributed by atoms with Crippen molar-refractivity contribution in [2.24, 2.45) is 0 Å². The molecule has 0 saturated heterocycles. The van der Waals surface area contributed by atoms with Gasteiger partial charge in [-0.1, -0.05) is 13.3 Å². The summed E-state index contributed by atoms with van der Waals surface area (Å²) in [5.41, 5.74) is 0.0000680. The van der Waals surface area contributed by atoms with Gasteiger partial charge in [-0.15, -0.1) is 0 Å². The standard InChI is InChI=1S/C12H16NO4S/c1-3-4-7-18(16,17)10-5-6-12(15)11(8-10)13-9(2)14/h5-6,8H,3-4,7H2,1-2H3,(H,13,14). The minimum absolute atomic E-state index is 0.0000680. The Kier molecular flexibility index (Phi) is 4.72. The molecule has 0 heterocycles. The zero-order valence-electron chi connectivity index (χ0n) is 10.4. The zero-order valence-corrected chi connectivity index (χ0v) is 11.2. The summed E-state index contributed by atoms with van der Waals surface area (Å²) in [5.74, 6) is -0.767. The van der Waals surface area contributed by atoms with Crippen molar-refractivity contribution in [3.63, 3.8) is 0 Å². The van der Waals surface area contributed by atoms with Gasteiger partial charge in [0.15, 0.2) is 9.84 Å². The molecule has 1 aromatic carbocycles. The highest BCUT2D eigenvalue weighted by Gasteiger charge is 2.16.